The van der Waals surface area contributed by atoms with Crippen LogP contribution >= 0.6 is 0 Å². The van der Waals surface area contributed by atoms with Crippen LogP contribution in [0.15, 0.2) is 48.6 Å². The molecule has 0 aromatic carbocycles. The van der Waals surface area contributed by atoms with Gasteiger partial charge in [-0.3, -0.25) is 4.79 Å². The Hall–Kier alpha value is -2.05. The second-order valence-corrected chi connectivity index (χ2v) is 16.8. The van der Waals surface area contributed by atoms with Crippen molar-refractivity contribution in [1.82, 2.24) is 5.32 Å². The highest BCUT2D eigenvalue weighted by molar-refractivity contribution is 5.76. The molecule has 2 rings (SSSR count). The van der Waals surface area contributed by atoms with Crippen molar-refractivity contribution in [3.05, 3.63) is 48.6 Å². The zero-order chi connectivity index (χ0) is 45.4. The number of amides is 1. The van der Waals surface area contributed by atoms with Gasteiger partial charge < -0.3 is 65.1 Å². The van der Waals surface area contributed by atoms with Crippen LogP contribution in [0.25, 0.3) is 0 Å². The average molecular weight is 884 g/mol. The highest BCUT2D eigenvalue weighted by atomic mass is 16.7. The van der Waals surface area contributed by atoms with Crippen LogP contribution in [0.1, 0.15) is 155 Å². The lowest BCUT2D eigenvalue weighted by atomic mass is 9.97. The summed E-state index contributed by atoms with van der Waals surface area (Å²) in [5.41, 5.74) is 0. The number of unbranched alkanes of at least 4 members (excludes halogenated alkanes) is 16. The van der Waals surface area contributed by atoms with E-state index < -0.39 is 86.8 Å². The van der Waals surface area contributed by atoms with E-state index >= 15 is 0 Å². The van der Waals surface area contributed by atoms with Gasteiger partial charge in [0, 0.05) is 6.42 Å². The Kier molecular flexibility index (Phi) is 31.9. The molecule has 14 nitrogen and oxygen atoms in total. The fraction of sp³-hybridized carbons (Fsp3) is 0.812. The van der Waals surface area contributed by atoms with Crippen LogP contribution in [0.5, 0.6) is 0 Å². The van der Waals surface area contributed by atoms with E-state index in [1.807, 2.05) is 6.08 Å². The largest absolute Gasteiger partial charge is 0.394 e. The summed E-state index contributed by atoms with van der Waals surface area (Å²) in [6.45, 7) is 2.60. The van der Waals surface area contributed by atoms with Crippen LogP contribution in [0.3, 0.4) is 0 Å². The van der Waals surface area contributed by atoms with Crippen molar-refractivity contribution >= 4 is 5.91 Å². The second kappa shape index (κ2) is 35.2. The molecule has 0 aliphatic carbocycles. The molecule has 0 radical (unpaired) electrons. The fourth-order valence-electron chi connectivity index (χ4n) is 7.56. The molecule has 1 amide bonds. The highest BCUT2D eigenvalue weighted by Crippen LogP contribution is 2.30. The maximum Gasteiger partial charge on any atom is 0.220 e. The van der Waals surface area contributed by atoms with Crippen LogP contribution in [-0.4, -0.2) is 140 Å². The predicted molar refractivity (Wildman–Crippen MR) is 240 cm³/mol. The van der Waals surface area contributed by atoms with Crippen molar-refractivity contribution in [3.63, 3.8) is 0 Å². The minimum absolute atomic E-state index is 0.263. The summed E-state index contributed by atoms with van der Waals surface area (Å²) in [4.78, 5) is 13.1. The smallest absolute Gasteiger partial charge is 0.220 e. The molecule has 0 saturated carbocycles. The van der Waals surface area contributed by atoms with Gasteiger partial charge in [0.15, 0.2) is 12.6 Å². The third-order valence-corrected chi connectivity index (χ3v) is 11.5. The number of carbonyl (C=O) groups is 1. The lowest BCUT2D eigenvalue weighted by Crippen LogP contribution is -2.65. The van der Waals surface area contributed by atoms with E-state index in [-0.39, 0.29) is 18.9 Å². The van der Waals surface area contributed by atoms with Gasteiger partial charge in [-0.05, 0) is 64.2 Å². The van der Waals surface area contributed by atoms with Crippen molar-refractivity contribution in [2.24, 2.45) is 0 Å². The molecule has 2 heterocycles. The van der Waals surface area contributed by atoms with E-state index in [1.54, 1.807) is 6.08 Å². The summed E-state index contributed by atoms with van der Waals surface area (Å²) in [6, 6.07) is -0.937. The zero-order valence-electron chi connectivity index (χ0n) is 37.8. The maximum absolute atomic E-state index is 13.1. The number of ether oxygens (including phenoxy) is 4. The quantitative estimate of drug-likeness (QED) is 0.0291. The third kappa shape index (κ3) is 22.7. The van der Waals surface area contributed by atoms with Gasteiger partial charge in [0.25, 0.3) is 0 Å². The summed E-state index contributed by atoms with van der Waals surface area (Å²) in [6.07, 6.45) is 23.2. The molecule has 9 N–H and O–H groups in total. The molecule has 0 spiro atoms. The maximum atomic E-state index is 13.1. The van der Waals surface area contributed by atoms with Crippen LogP contribution < -0.4 is 5.32 Å². The van der Waals surface area contributed by atoms with Crippen molar-refractivity contribution in [1.29, 1.82) is 0 Å². The standard InChI is InChI=1S/C48H85NO13/c1-3-5-7-9-11-13-15-16-17-18-19-20-21-22-24-26-28-30-32-40(53)49-36(37(52)31-29-27-25-23-14-12-10-8-6-4-2)35-59-47-45(58)43(56)46(39(34-51)61-47)62-48-44(57)42(55)41(54)38(33-50)60-48/h6,8,14,17-18,23,29,31,36-39,41-48,50-52,54-58H,3-5,7,9-13,15-16,19-22,24-28,30,32-35H2,1-2H3,(H,49,53)/b8-6+,18-17-,23-14+,31-29+. The lowest BCUT2D eigenvalue weighted by molar-refractivity contribution is -0.359. The predicted octanol–water partition coefficient (Wildman–Crippen LogP) is 5.32. The molecule has 14 heteroatoms. The molecule has 360 valence electrons. The zero-order valence-corrected chi connectivity index (χ0v) is 37.8. The van der Waals surface area contributed by atoms with Crippen molar-refractivity contribution in [2.75, 3.05) is 19.8 Å². The van der Waals surface area contributed by atoms with E-state index in [2.05, 4.69) is 55.6 Å². The van der Waals surface area contributed by atoms with Gasteiger partial charge in [-0.1, -0.05) is 133 Å². The normalized spacial score (nSPS) is 28.2. The van der Waals surface area contributed by atoms with Crippen molar-refractivity contribution < 1.29 is 64.6 Å². The molecule has 12 unspecified atom stereocenters. The second-order valence-electron chi connectivity index (χ2n) is 16.8. The monoisotopic (exact) mass is 884 g/mol. The number of aliphatic hydroxyl groups excluding tert-OH is 8. The third-order valence-electron chi connectivity index (χ3n) is 11.5. The summed E-state index contributed by atoms with van der Waals surface area (Å²) in [5, 5.41) is 86.4. The van der Waals surface area contributed by atoms with E-state index in [4.69, 9.17) is 18.9 Å². The summed E-state index contributed by atoms with van der Waals surface area (Å²) in [7, 11) is 0. The number of hydrogen-bond donors (Lipinski definition) is 9. The lowest BCUT2D eigenvalue weighted by Gasteiger charge is -2.46. The molecule has 0 aromatic heterocycles. The van der Waals surface area contributed by atoms with Gasteiger partial charge in [0.05, 0.1) is 32.0 Å². The highest BCUT2D eigenvalue weighted by Gasteiger charge is 2.51. The van der Waals surface area contributed by atoms with Crippen molar-refractivity contribution in [3.8, 4) is 0 Å². The van der Waals surface area contributed by atoms with E-state index in [9.17, 15) is 45.6 Å². The number of carbonyl (C=O) groups excluding carboxylic acids is 1. The molecular weight excluding hydrogens is 799 g/mol. The van der Waals surface area contributed by atoms with Crippen LogP contribution in [0, 0.1) is 0 Å². The van der Waals surface area contributed by atoms with Crippen LogP contribution in [0.2, 0.25) is 0 Å². The van der Waals surface area contributed by atoms with Crippen LogP contribution in [0.4, 0.5) is 0 Å². The van der Waals surface area contributed by atoms with E-state index in [0.29, 0.717) is 12.8 Å². The van der Waals surface area contributed by atoms with Gasteiger partial charge in [-0.2, -0.15) is 0 Å². The molecule has 2 fully saturated rings. The number of nitrogens with one attached hydrogen (secondary N) is 1. The van der Waals surface area contributed by atoms with E-state index in [1.165, 1.54) is 70.6 Å². The first kappa shape index (κ1) is 56.1. The average Bonchev–Trinajstić information content (AvgIpc) is 3.27. The Morgan fingerprint density at radius 1 is 0.581 bits per heavy atom. The summed E-state index contributed by atoms with van der Waals surface area (Å²) >= 11 is 0. The number of allylic oxidation sites excluding steroid dienone is 7. The van der Waals surface area contributed by atoms with Crippen molar-refractivity contribution in [2.45, 2.75) is 229 Å². The SMILES string of the molecule is CC/C=C/CC/C=C/CC/C=C/C(O)C(COC1OC(CO)C(OC2OC(CO)C(O)C(O)C2O)C(O)C1O)NC(=O)CCCCCCCCC/C=C\CCCCCCCCC. The first-order valence-corrected chi connectivity index (χ1v) is 23.9. The van der Waals surface area contributed by atoms with Gasteiger partial charge in [0.1, 0.15) is 48.8 Å². The first-order valence-electron chi connectivity index (χ1n) is 23.9. The molecular formula is C48H85NO13. The van der Waals surface area contributed by atoms with Gasteiger partial charge in [-0.25, -0.2) is 0 Å². The fourth-order valence-corrected chi connectivity index (χ4v) is 7.56. The minimum Gasteiger partial charge on any atom is -0.394 e. The van der Waals surface area contributed by atoms with Crippen LogP contribution in [-0.2, 0) is 23.7 Å². The number of hydrogen-bond acceptors (Lipinski definition) is 13. The number of rotatable bonds is 35. The molecule has 0 bridgehead atoms. The Morgan fingerprint density at radius 2 is 1.08 bits per heavy atom. The van der Waals surface area contributed by atoms with Gasteiger partial charge in [0.2, 0.25) is 5.91 Å². The molecule has 2 aliphatic heterocycles. The van der Waals surface area contributed by atoms with E-state index in [0.717, 1.165) is 51.4 Å². The molecule has 2 aliphatic rings. The first-order chi connectivity index (χ1) is 30.1. The molecule has 62 heavy (non-hydrogen) atoms. The molecule has 12 atom stereocenters. The van der Waals surface area contributed by atoms with Gasteiger partial charge in [-0.15, -0.1) is 0 Å². The Morgan fingerprint density at radius 3 is 1.66 bits per heavy atom. The number of aliphatic hydroxyl groups is 8. The minimum atomic E-state index is -1.79. The Labute approximate surface area is 372 Å². The summed E-state index contributed by atoms with van der Waals surface area (Å²) in [5.74, 6) is -0.263. The Balaban J connectivity index is 1.85. The van der Waals surface area contributed by atoms with Gasteiger partial charge >= 0.3 is 0 Å². The Bertz CT molecular complexity index is 1230. The summed E-state index contributed by atoms with van der Waals surface area (Å²) < 4.78 is 22.6. The molecule has 0 aromatic rings. The molecule has 2 saturated heterocycles. The topological polar surface area (TPSA) is 228 Å².